The Bertz CT molecular complexity index is 1320. The molecule has 14 heteroatoms. The lowest BCUT2D eigenvalue weighted by Gasteiger charge is -2.29. The first-order chi connectivity index (χ1) is 18.4. The number of carbonyl (C=O) groups is 1. The summed E-state index contributed by atoms with van der Waals surface area (Å²) >= 11 is 0. The predicted octanol–water partition coefficient (Wildman–Crippen LogP) is 2.86. The molecule has 0 bridgehead atoms. The molecule has 0 spiro atoms. The lowest BCUT2D eigenvalue weighted by atomic mass is 9.93. The Labute approximate surface area is 216 Å². The van der Waals surface area contributed by atoms with Gasteiger partial charge in [0.25, 0.3) is 6.43 Å². The third-order valence-electron chi connectivity index (χ3n) is 6.47. The van der Waals surface area contributed by atoms with Gasteiger partial charge in [-0.3, -0.25) is 9.88 Å². The van der Waals surface area contributed by atoms with Gasteiger partial charge in [0.05, 0.1) is 30.3 Å². The van der Waals surface area contributed by atoms with Crippen LogP contribution in [0.4, 0.5) is 19.5 Å². The van der Waals surface area contributed by atoms with Crippen LogP contribution in [-0.4, -0.2) is 75.1 Å². The number of fused-ring (bicyclic) bond motifs is 1. The number of benzene rings is 1. The molecule has 202 valence electrons. The first-order valence-electron chi connectivity index (χ1n) is 12.3. The molecule has 12 nitrogen and oxygen atoms in total. The number of para-hydroxylation sites is 2. The number of halogens is 2. The zero-order valence-corrected chi connectivity index (χ0v) is 20.5. The van der Waals surface area contributed by atoms with E-state index in [4.69, 9.17) is 20.3 Å². The first-order valence-corrected chi connectivity index (χ1v) is 12.3. The second-order valence-electron chi connectivity index (χ2n) is 9.05. The number of rotatable bonds is 6. The number of hydrogen-bond donors (Lipinski definition) is 3. The molecule has 1 saturated heterocycles. The van der Waals surface area contributed by atoms with Gasteiger partial charge in [0.15, 0.2) is 11.8 Å². The van der Waals surface area contributed by atoms with Gasteiger partial charge in [-0.25, -0.2) is 23.6 Å². The molecule has 4 N–H and O–H groups in total. The Kier molecular flexibility index (Phi) is 7.49. The van der Waals surface area contributed by atoms with Crippen molar-refractivity contribution in [3.8, 4) is 11.7 Å². The molecule has 2 aromatic heterocycles. The maximum atomic E-state index is 14.0. The average Bonchev–Trinajstić information content (AvgIpc) is 3.30. The van der Waals surface area contributed by atoms with Crippen molar-refractivity contribution in [3.05, 3.63) is 36.2 Å². The summed E-state index contributed by atoms with van der Waals surface area (Å²) in [4.78, 5) is 30.3. The number of carboxylic acid groups (broad SMARTS) is 1. The van der Waals surface area contributed by atoms with Gasteiger partial charge in [-0.1, -0.05) is 12.1 Å². The van der Waals surface area contributed by atoms with Crippen LogP contribution >= 0.6 is 0 Å². The number of alkyl halides is 2. The number of imidazole rings is 1. The zero-order valence-electron chi connectivity index (χ0n) is 20.5. The smallest absolute Gasteiger partial charge is 0.411 e. The highest BCUT2D eigenvalue weighted by Crippen LogP contribution is 2.31. The second-order valence-corrected chi connectivity index (χ2v) is 9.05. The molecule has 38 heavy (non-hydrogen) atoms. The van der Waals surface area contributed by atoms with E-state index >= 15 is 0 Å². The number of hydrogen-bond acceptors (Lipinski definition) is 8. The van der Waals surface area contributed by atoms with Crippen molar-refractivity contribution >= 4 is 29.0 Å². The fourth-order valence-electron chi connectivity index (χ4n) is 4.71. The minimum absolute atomic E-state index is 0.127. The Morgan fingerprint density at radius 2 is 1.89 bits per heavy atom. The van der Waals surface area contributed by atoms with Crippen molar-refractivity contribution in [2.45, 2.75) is 44.3 Å². The van der Waals surface area contributed by atoms with Crippen LogP contribution in [0.2, 0.25) is 0 Å². The van der Waals surface area contributed by atoms with E-state index in [0.717, 1.165) is 0 Å². The highest BCUT2D eigenvalue weighted by Gasteiger charge is 2.26. The number of guanidine groups is 1. The summed E-state index contributed by atoms with van der Waals surface area (Å²) in [5.74, 6) is 0.332. The fourth-order valence-corrected chi connectivity index (χ4v) is 4.71. The van der Waals surface area contributed by atoms with Crippen molar-refractivity contribution in [1.29, 1.82) is 0 Å². The van der Waals surface area contributed by atoms with Crippen LogP contribution in [0.5, 0.6) is 5.88 Å². The van der Waals surface area contributed by atoms with Gasteiger partial charge in [-0.05, 0) is 37.8 Å². The number of nitrogens with one attached hydrogen (secondary N) is 1. The molecule has 0 radical (unpaired) electrons. The van der Waals surface area contributed by atoms with Crippen LogP contribution in [0.15, 0.2) is 35.3 Å². The van der Waals surface area contributed by atoms with Crippen LogP contribution < -0.4 is 20.7 Å². The highest BCUT2D eigenvalue weighted by molar-refractivity contribution is 5.92. The first kappa shape index (κ1) is 25.6. The summed E-state index contributed by atoms with van der Waals surface area (Å²) in [6, 6.07) is 8.34. The maximum absolute atomic E-state index is 14.0. The summed E-state index contributed by atoms with van der Waals surface area (Å²) in [7, 11) is 0. The van der Waals surface area contributed by atoms with E-state index < -0.39 is 18.3 Å². The number of anilines is 1. The SMILES string of the molecule is NC(=NC1CCC(Oc2cc(-n3c(C(F)F)nc4ccccc43)nc(N3CCOCC3)n2)CC1)NC(=O)O. The van der Waals surface area contributed by atoms with E-state index in [9.17, 15) is 13.6 Å². The summed E-state index contributed by atoms with van der Waals surface area (Å²) in [5, 5.41) is 10.8. The number of amides is 1. The van der Waals surface area contributed by atoms with Crippen LogP contribution in [0.1, 0.15) is 37.9 Å². The third-order valence-corrected chi connectivity index (χ3v) is 6.47. The molecule has 2 aliphatic rings. The Hall–Kier alpha value is -4.07. The number of aliphatic imine (C=N–C) groups is 1. The second kappa shape index (κ2) is 11.1. The molecular weight excluding hydrogens is 502 g/mol. The van der Waals surface area contributed by atoms with Crippen molar-refractivity contribution in [1.82, 2.24) is 24.8 Å². The van der Waals surface area contributed by atoms with Gasteiger partial charge >= 0.3 is 6.09 Å². The Morgan fingerprint density at radius 1 is 1.16 bits per heavy atom. The average molecular weight is 531 g/mol. The molecule has 3 heterocycles. The van der Waals surface area contributed by atoms with Gasteiger partial charge < -0.3 is 25.2 Å². The van der Waals surface area contributed by atoms with Gasteiger partial charge in [0, 0.05) is 19.2 Å². The fraction of sp³-hybridized carbons (Fsp3) is 0.458. The van der Waals surface area contributed by atoms with Gasteiger partial charge in [0.1, 0.15) is 11.9 Å². The summed E-state index contributed by atoms with van der Waals surface area (Å²) < 4.78 is 41.1. The molecule has 1 aliphatic carbocycles. The minimum atomic E-state index is -2.81. The summed E-state index contributed by atoms with van der Waals surface area (Å²) in [5.41, 5.74) is 6.57. The third kappa shape index (κ3) is 5.74. The lowest BCUT2D eigenvalue weighted by molar-refractivity contribution is 0.121. The quantitative estimate of drug-likeness (QED) is 0.322. The molecule has 1 aromatic carbocycles. The van der Waals surface area contributed by atoms with Crippen molar-refractivity contribution < 1.29 is 28.2 Å². The Balaban J connectivity index is 1.43. The molecule has 1 saturated carbocycles. The monoisotopic (exact) mass is 530 g/mol. The van der Waals surface area contributed by atoms with Crippen molar-refractivity contribution in [2.75, 3.05) is 31.2 Å². The Morgan fingerprint density at radius 3 is 2.61 bits per heavy atom. The van der Waals surface area contributed by atoms with E-state index in [0.29, 0.717) is 69.0 Å². The zero-order chi connectivity index (χ0) is 26.6. The van der Waals surface area contributed by atoms with E-state index in [-0.39, 0.29) is 29.8 Å². The normalized spacial score (nSPS) is 20.6. The summed E-state index contributed by atoms with van der Waals surface area (Å²) in [6.07, 6.45) is -1.71. The summed E-state index contributed by atoms with van der Waals surface area (Å²) in [6.45, 7) is 2.13. The molecule has 3 aromatic rings. The van der Waals surface area contributed by atoms with Crippen molar-refractivity contribution in [2.24, 2.45) is 10.7 Å². The molecule has 0 unspecified atom stereocenters. The molecular formula is C24H28F2N8O4. The number of morpholine rings is 1. The van der Waals surface area contributed by atoms with Crippen LogP contribution in [0.3, 0.4) is 0 Å². The highest BCUT2D eigenvalue weighted by atomic mass is 19.3. The van der Waals surface area contributed by atoms with E-state index in [2.05, 4.69) is 19.9 Å². The molecule has 1 amide bonds. The van der Waals surface area contributed by atoms with E-state index in [1.54, 1.807) is 30.3 Å². The largest absolute Gasteiger partial charge is 0.474 e. The van der Waals surface area contributed by atoms with E-state index in [1.807, 2.05) is 10.2 Å². The van der Waals surface area contributed by atoms with Crippen LogP contribution in [0, 0.1) is 0 Å². The number of aromatic nitrogens is 4. The number of nitrogens with two attached hydrogens (primary N) is 1. The molecule has 5 rings (SSSR count). The number of nitrogens with zero attached hydrogens (tertiary/aromatic N) is 6. The van der Waals surface area contributed by atoms with E-state index in [1.165, 1.54) is 4.57 Å². The van der Waals surface area contributed by atoms with Crippen LogP contribution in [0.25, 0.3) is 16.9 Å². The standard InChI is InChI=1S/C24H28F2N8O4/c25-20(26)21-29-16-3-1-2-4-17(16)34(21)18-13-19(31-23(30-18)33-9-11-37-12-10-33)38-15-7-5-14(6-8-15)28-22(27)32-24(35)36/h1-4,13-15,20H,5-12H2,(H,35,36)(H3,27,28,32). The van der Waals surface area contributed by atoms with Crippen molar-refractivity contribution in [3.63, 3.8) is 0 Å². The van der Waals surface area contributed by atoms with Crippen LogP contribution in [-0.2, 0) is 4.74 Å². The number of ether oxygens (including phenoxy) is 2. The lowest BCUT2D eigenvalue weighted by Crippen LogP contribution is -2.38. The predicted molar refractivity (Wildman–Crippen MR) is 134 cm³/mol. The molecule has 1 aliphatic heterocycles. The van der Waals surface area contributed by atoms with Gasteiger partial charge in [0.2, 0.25) is 11.8 Å². The maximum Gasteiger partial charge on any atom is 0.411 e. The minimum Gasteiger partial charge on any atom is -0.474 e. The topological polar surface area (TPSA) is 153 Å². The molecule has 2 fully saturated rings. The van der Waals surface area contributed by atoms with Gasteiger partial charge in [-0.15, -0.1) is 0 Å². The van der Waals surface area contributed by atoms with Gasteiger partial charge in [-0.2, -0.15) is 9.97 Å². The molecule has 0 atom stereocenters.